The third-order valence-electron chi connectivity index (χ3n) is 3.14. The van der Waals surface area contributed by atoms with Gasteiger partial charge in [0.15, 0.2) is 0 Å². The van der Waals surface area contributed by atoms with Gasteiger partial charge < -0.3 is 14.8 Å². The monoisotopic (exact) mass is 234 g/mol. The molecular formula is C12H15BO4. The highest BCUT2D eigenvalue weighted by atomic mass is 16.5. The van der Waals surface area contributed by atoms with E-state index in [0.717, 1.165) is 16.6 Å². The first-order valence-corrected chi connectivity index (χ1v) is 5.55. The highest BCUT2D eigenvalue weighted by Gasteiger charge is 2.34. The molecule has 0 aliphatic carbocycles. The number of benzene rings is 1. The molecule has 0 saturated carbocycles. The van der Waals surface area contributed by atoms with Crippen molar-refractivity contribution in [3.05, 3.63) is 29.3 Å². The Kier molecular flexibility index (Phi) is 2.97. The highest BCUT2D eigenvalue weighted by molar-refractivity contribution is 6.62. The van der Waals surface area contributed by atoms with Gasteiger partial charge in [0.25, 0.3) is 0 Å². The molecule has 0 amide bonds. The van der Waals surface area contributed by atoms with E-state index in [1.54, 1.807) is 13.8 Å². The molecule has 1 aliphatic rings. The van der Waals surface area contributed by atoms with Crippen LogP contribution in [0.2, 0.25) is 0 Å². The van der Waals surface area contributed by atoms with Crippen LogP contribution >= 0.6 is 0 Å². The molecule has 4 nitrogen and oxygen atoms in total. The first kappa shape index (κ1) is 12.1. The molecule has 5 heteroatoms. The summed E-state index contributed by atoms with van der Waals surface area (Å²) in [5.41, 5.74) is 1.68. The van der Waals surface area contributed by atoms with E-state index >= 15 is 0 Å². The van der Waals surface area contributed by atoms with E-state index in [1.807, 2.05) is 18.2 Å². The van der Waals surface area contributed by atoms with Gasteiger partial charge in [-0.05, 0) is 36.9 Å². The Balaban J connectivity index is 2.35. The molecule has 1 aliphatic heterocycles. The fourth-order valence-electron chi connectivity index (χ4n) is 2.07. The smallest absolute Gasteiger partial charge is 0.481 e. The maximum atomic E-state index is 11.1. The molecule has 1 aromatic rings. The van der Waals surface area contributed by atoms with Crippen molar-refractivity contribution in [1.29, 1.82) is 0 Å². The maximum Gasteiger partial charge on any atom is 0.492 e. The Morgan fingerprint density at radius 2 is 2.24 bits per heavy atom. The molecule has 0 radical (unpaired) electrons. The fourth-order valence-corrected chi connectivity index (χ4v) is 2.07. The Hall–Kier alpha value is -1.33. The standard InChI is InChI=1S/C12H15BO4/c1-12(2,11(14)15)6-8-4-3-5-9-7-17-13(16)10(8)9/h3-5,16H,6-7H2,1-2H3,(H,14,15). The van der Waals surface area contributed by atoms with Gasteiger partial charge in [-0.1, -0.05) is 18.2 Å². The van der Waals surface area contributed by atoms with Crippen LogP contribution in [0.15, 0.2) is 18.2 Å². The third-order valence-corrected chi connectivity index (χ3v) is 3.14. The minimum Gasteiger partial charge on any atom is -0.481 e. The summed E-state index contributed by atoms with van der Waals surface area (Å²) in [6.07, 6.45) is 0.381. The predicted molar refractivity (Wildman–Crippen MR) is 64.0 cm³/mol. The number of carbonyl (C=O) groups is 1. The first-order chi connectivity index (χ1) is 7.92. The Morgan fingerprint density at radius 1 is 1.53 bits per heavy atom. The van der Waals surface area contributed by atoms with Crippen LogP contribution in [-0.2, 0) is 22.5 Å². The molecule has 0 fully saturated rings. The zero-order chi connectivity index (χ0) is 12.6. The summed E-state index contributed by atoms with van der Waals surface area (Å²) in [6, 6.07) is 5.61. The van der Waals surface area contributed by atoms with Crippen molar-refractivity contribution in [1.82, 2.24) is 0 Å². The van der Waals surface area contributed by atoms with Crippen LogP contribution in [0.25, 0.3) is 0 Å². The van der Waals surface area contributed by atoms with Gasteiger partial charge in [-0.15, -0.1) is 0 Å². The Bertz CT molecular complexity index is 456. The van der Waals surface area contributed by atoms with Crippen LogP contribution in [0.1, 0.15) is 25.0 Å². The fraction of sp³-hybridized carbons (Fsp3) is 0.417. The number of carboxylic acid groups (broad SMARTS) is 1. The van der Waals surface area contributed by atoms with Crippen molar-refractivity contribution in [3.8, 4) is 0 Å². The van der Waals surface area contributed by atoms with E-state index in [0.29, 0.717) is 13.0 Å². The van der Waals surface area contributed by atoms with Crippen LogP contribution in [0.4, 0.5) is 0 Å². The first-order valence-electron chi connectivity index (χ1n) is 5.55. The molecule has 2 N–H and O–H groups in total. The number of carboxylic acids is 1. The Morgan fingerprint density at radius 3 is 2.88 bits per heavy atom. The third kappa shape index (κ3) is 2.21. The minimum atomic E-state index is -0.925. The summed E-state index contributed by atoms with van der Waals surface area (Å²) in [5, 5.41) is 18.9. The number of aliphatic carboxylic acids is 1. The Labute approximate surface area is 100 Å². The summed E-state index contributed by atoms with van der Waals surface area (Å²) < 4.78 is 5.15. The summed E-state index contributed by atoms with van der Waals surface area (Å²) in [4.78, 5) is 11.1. The van der Waals surface area contributed by atoms with Crippen LogP contribution in [0.5, 0.6) is 0 Å². The normalized spacial score (nSPS) is 14.9. The van der Waals surface area contributed by atoms with E-state index in [-0.39, 0.29) is 0 Å². The average Bonchev–Trinajstić information content (AvgIpc) is 2.61. The lowest BCUT2D eigenvalue weighted by molar-refractivity contribution is -0.146. The summed E-state index contributed by atoms with van der Waals surface area (Å²) in [5.74, 6) is -0.844. The zero-order valence-electron chi connectivity index (χ0n) is 9.93. The predicted octanol–water partition coefficient (Wildman–Crippen LogP) is 0.558. The summed E-state index contributed by atoms with van der Waals surface area (Å²) in [7, 11) is -0.925. The lowest BCUT2D eigenvalue weighted by Crippen LogP contribution is -2.35. The largest absolute Gasteiger partial charge is 0.492 e. The second-order valence-corrected chi connectivity index (χ2v) is 5.02. The van der Waals surface area contributed by atoms with Crippen molar-refractivity contribution >= 4 is 18.6 Å². The lowest BCUT2D eigenvalue weighted by Gasteiger charge is -2.20. The SMILES string of the molecule is CC(C)(Cc1cccc2c1B(O)OC2)C(=O)O. The summed E-state index contributed by atoms with van der Waals surface area (Å²) in [6.45, 7) is 3.74. The van der Waals surface area contributed by atoms with Gasteiger partial charge in [0.1, 0.15) is 0 Å². The van der Waals surface area contributed by atoms with E-state index in [1.165, 1.54) is 0 Å². The number of hydrogen-bond donors (Lipinski definition) is 2. The van der Waals surface area contributed by atoms with Crippen LogP contribution in [0.3, 0.4) is 0 Å². The summed E-state index contributed by atoms with van der Waals surface area (Å²) >= 11 is 0. The van der Waals surface area contributed by atoms with E-state index in [2.05, 4.69) is 0 Å². The van der Waals surface area contributed by atoms with Gasteiger partial charge in [0.2, 0.25) is 0 Å². The maximum absolute atomic E-state index is 11.1. The minimum absolute atomic E-state index is 0.381. The topological polar surface area (TPSA) is 66.8 Å². The zero-order valence-corrected chi connectivity index (χ0v) is 9.93. The number of hydrogen-bond acceptors (Lipinski definition) is 3. The molecule has 90 valence electrons. The molecule has 0 atom stereocenters. The van der Waals surface area contributed by atoms with Crippen LogP contribution in [-0.4, -0.2) is 23.2 Å². The highest BCUT2D eigenvalue weighted by Crippen LogP contribution is 2.23. The second kappa shape index (κ2) is 4.16. The van der Waals surface area contributed by atoms with E-state index < -0.39 is 18.5 Å². The molecule has 0 unspecified atom stereocenters. The molecule has 0 aromatic heterocycles. The average molecular weight is 234 g/mol. The molecule has 0 saturated heterocycles. The quantitative estimate of drug-likeness (QED) is 0.750. The van der Waals surface area contributed by atoms with E-state index in [4.69, 9.17) is 9.76 Å². The van der Waals surface area contributed by atoms with Crippen molar-refractivity contribution in [2.24, 2.45) is 5.41 Å². The van der Waals surface area contributed by atoms with Crippen molar-refractivity contribution in [3.63, 3.8) is 0 Å². The molecule has 0 spiro atoms. The van der Waals surface area contributed by atoms with Gasteiger partial charge in [0, 0.05) is 0 Å². The van der Waals surface area contributed by atoms with Gasteiger partial charge >= 0.3 is 13.1 Å². The molecule has 1 heterocycles. The van der Waals surface area contributed by atoms with Gasteiger partial charge in [-0.2, -0.15) is 0 Å². The van der Waals surface area contributed by atoms with Crippen LogP contribution < -0.4 is 5.46 Å². The van der Waals surface area contributed by atoms with Gasteiger partial charge in [-0.3, -0.25) is 4.79 Å². The second-order valence-electron chi connectivity index (χ2n) is 5.02. The van der Waals surface area contributed by atoms with E-state index in [9.17, 15) is 9.82 Å². The molecule has 2 rings (SSSR count). The number of fused-ring (bicyclic) bond motifs is 1. The number of rotatable bonds is 3. The lowest BCUT2D eigenvalue weighted by atomic mass is 9.72. The van der Waals surface area contributed by atoms with Crippen LogP contribution in [0, 0.1) is 5.41 Å². The van der Waals surface area contributed by atoms with Gasteiger partial charge in [0.05, 0.1) is 12.0 Å². The van der Waals surface area contributed by atoms with Crippen molar-refractivity contribution < 1.29 is 19.6 Å². The van der Waals surface area contributed by atoms with Gasteiger partial charge in [-0.25, -0.2) is 0 Å². The molecule has 0 bridgehead atoms. The van der Waals surface area contributed by atoms with Crippen molar-refractivity contribution in [2.45, 2.75) is 26.9 Å². The molecule has 1 aromatic carbocycles. The molecular weight excluding hydrogens is 219 g/mol. The van der Waals surface area contributed by atoms with Crippen molar-refractivity contribution in [2.75, 3.05) is 0 Å². The molecule has 17 heavy (non-hydrogen) atoms.